The second kappa shape index (κ2) is 5.53. The van der Waals surface area contributed by atoms with E-state index in [2.05, 4.69) is 12.2 Å². The molecule has 4 nitrogen and oxygen atoms in total. The van der Waals surface area contributed by atoms with Gasteiger partial charge in [-0.1, -0.05) is 19.4 Å². The molecule has 4 heteroatoms. The molecule has 1 aromatic heterocycles. The summed E-state index contributed by atoms with van der Waals surface area (Å²) in [4.78, 5) is 10.9. The summed E-state index contributed by atoms with van der Waals surface area (Å²) in [5, 5.41) is 13.3. The van der Waals surface area contributed by atoms with Gasteiger partial charge in [0.15, 0.2) is 0 Å². The maximum Gasteiger partial charge on any atom is 0.371 e. The van der Waals surface area contributed by atoms with E-state index in [1.165, 1.54) is 25.7 Å². The van der Waals surface area contributed by atoms with Gasteiger partial charge >= 0.3 is 5.97 Å². The smallest absolute Gasteiger partial charge is 0.371 e. The van der Waals surface area contributed by atoms with Crippen molar-refractivity contribution in [2.75, 3.05) is 6.54 Å². The van der Waals surface area contributed by atoms with Crippen molar-refractivity contribution < 1.29 is 14.3 Å². The van der Waals surface area contributed by atoms with Crippen molar-refractivity contribution >= 4 is 16.9 Å². The zero-order valence-corrected chi connectivity index (χ0v) is 12.3. The molecule has 2 N–H and O–H groups in total. The quantitative estimate of drug-likeness (QED) is 0.848. The average Bonchev–Trinajstić information content (AvgIpc) is 2.85. The van der Waals surface area contributed by atoms with E-state index in [1.807, 2.05) is 18.2 Å². The van der Waals surface area contributed by atoms with Crippen LogP contribution in [0.2, 0.25) is 0 Å². The minimum atomic E-state index is -1.03. The van der Waals surface area contributed by atoms with Crippen molar-refractivity contribution in [1.82, 2.24) is 5.32 Å². The van der Waals surface area contributed by atoms with Gasteiger partial charge in [0, 0.05) is 18.5 Å². The fourth-order valence-electron chi connectivity index (χ4n) is 3.11. The van der Waals surface area contributed by atoms with Gasteiger partial charge in [-0.25, -0.2) is 4.79 Å². The van der Waals surface area contributed by atoms with E-state index < -0.39 is 5.97 Å². The van der Waals surface area contributed by atoms with E-state index in [0.717, 1.165) is 24.0 Å². The SMILES string of the molecule is CCC1(CNCc2ccc3oc(C(=O)O)cc3c2)CCC1. The molecule has 1 aromatic carbocycles. The number of carboxylic acid groups (broad SMARTS) is 1. The van der Waals surface area contributed by atoms with Gasteiger partial charge in [-0.3, -0.25) is 0 Å². The fourth-order valence-corrected chi connectivity index (χ4v) is 3.11. The second-order valence-electron chi connectivity index (χ2n) is 6.10. The minimum absolute atomic E-state index is 0.00508. The monoisotopic (exact) mass is 287 g/mol. The molecular formula is C17H21NO3. The van der Waals surface area contributed by atoms with Crippen molar-refractivity contribution in [3.05, 3.63) is 35.6 Å². The van der Waals surface area contributed by atoms with Crippen LogP contribution in [0.5, 0.6) is 0 Å². The number of hydrogen-bond donors (Lipinski definition) is 2. The lowest BCUT2D eigenvalue weighted by atomic mass is 9.67. The van der Waals surface area contributed by atoms with Gasteiger partial charge in [-0.05, 0) is 48.4 Å². The third-order valence-corrected chi connectivity index (χ3v) is 4.78. The first-order valence-electron chi connectivity index (χ1n) is 7.58. The average molecular weight is 287 g/mol. The molecule has 0 saturated heterocycles. The highest BCUT2D eigenvalue weighted by Crippen LogP contribution is 2.43. The molecule has 2 aromatic rings. The number of nitrogens with one attached hydrogen (secondary N) is 1. The van der Waals surface area contributed by atoms with Crippen molar-refractivity contribution in [2.24, 2.45) is 5.41 Å². The van der Waals surface area contributed by atoms with Crippen LogP contribution in [0.4, 0.5) is 0 Å². The number of carboxylic acids is 1. The molecule has 0 aliphatic heterocycles. The Balaban J connectivity index is 1.65. The van der Waals surface area contributed by atoms with Gasteiger partial charge in [0.1, 0.15) is 5.58 Å². The molecule has 3 rings (SSSR count). The summed E-state index contributed by atoms with van der Waals surface area (Å²) < 4.78 is 5.27. The molecule has 0 radical (unpaired) electrons. The van der Waals surface area contributed by atoms with Crippen molar-refractivity contribution in [3.8, 4) is 0 Å². The maximum absolute atomic E-state index is 10.9. The van der Waals surface area contributed by atoms with Gasteiger partial charge in [0.25, 0.3) is 0 Å². The van der Waals surface area contributed by atoms with Crippen LogP contribution in [0.1, 0.15) is 48.7 Å². The molecule has 1 fully saturated rings. The number of benzene rings is 1. The van der Waals surface area contributed by atoms with Crippen LogP contribution in [-0.4, -0.2) is 17.6 Å². The van der Waals surface area contributed by atoms with E-state index in [9.17, 15) is 4.79 Å². The van der Waals surface area contributed by atoms with Crippen molar-refractivity contribution in [3.63, 3.8) is 0 Å². The molecule has 0 bridgehead atoms. The predicted molar refractivity (Wildman–Crippen MR) is 81.5 cm³/mol. The molecule has 0 unspecified atom stereocenters. The minimum Gasteiger partial charge on any atom is -0.475 e. The first-order chi connectivity index (χ1) is 10.1. The summed E-state index contributed by atoms with van der Waals surface area (Å²) >= 11 is 0. The van der Waals surface area contributed by atoms with Crippen LogP contribution in [0.3, 0.4) is 0 Å². The Morgan fingerprint density at radius 1 is 1.38 bits per heavy atom. The highest BCUT2D eigenvalue weighted by atomic mass is 16.4. The molecule has 1 aliphatic rings. The summed E-state index contributed by atoms with van der Waals surface area (Å²) in [5.74, 6) is -1.03. The molecular weight excluding hydrogens is 266 g/mol. The number of rotatable bonds is 6. The lowest BCUT2D eigenvalue weighted by molar-refractivity contribution is 0.0665. The van der Waals surface area contributed by atoms with Gasteiger partial charge < -0.3 is 14.8 Å². The van der Waals surface area contributed by atoms with Crippen LogP contribution in [0.15, 0.2) is 28.7 Å². The van der Waals surface area contributed by atoms with Gasteiger partial charge in [0.2, 0.25) is 5.76 Å². The summed E-state index contributed by atoms with van der Waals surface area (Å²) in [6, 6.07) is 7.42. The number of aromatic carboxylic acids is 1. The predicted octanol–water partition coefficient (Wildman–Crippen LogP) is 3.80. The van der Waals surface area contributed by atoms with Crippen LogP contribution < -0.4 is 5.32 Å². The van der Waals surface area contributed by atoms with Crippen LogP contribution >= 0.6 is 0 Å². The zero-order chi connectivity index (χ0) is 14.9. The summed E-state index contributed by atoms with van der Waals surface area (Å²) in [5.41, 5.74) is 2.29. The molecule has 0 spiro atoms. The Bertz CT molecular complexity index is 650. The molecule has 21 heavy (non-hydrogen) atoms. The Kier molecular flexibility index (Phi) is 3.72. The van der Waals surface area contributed by atoms with Gasteiger partial charge in [0.05, 0.1) is 0 Å². The van der Waals surface area contributed by atoms with E-state index in [4.69, 9.17) is 9.52 Å². The summed E-state index contributed by atoms with van der Waals surface area (Å²) in [6.45, 7) is 4.14. The lowest BCUT2D eigenvalue weighted by Crippen LogP contribution is -2.39. The van der Waals surface area contributed by atoms with Crippen molar-refractivity contribution in [1.29, 1.82) is 0 Å². The van der Waals surface area contributed by atoms with E-state index in [-0.39, 0.29) is 5.76 Å². The first kappa shape index (κ1) is 14.1. The van der Waals surface area contributed by atoms with Crippen molar-refractivity contribution in [2.45, 2.75) is 39.2 Å². The molecule has 0 atom stereocenters. The van der Waals surface area contributed by atoms with E-state index in [0.29, 0.717) is 11.0 Å². The lowest BCUT2D eigenvalue weighted by Gasteiger charge is -2.41. The largest absolute Gasteiger partial charge is 0.475 e. The Hall–Kier alpha value is -1.81. The third-order valence-electron chi connectivity index (χ3n) is 4.78. The molecule has 112 valence electrons. The van der Waals surface area contributed by atoms with E-state index >= 15 is 0 Å². The van der Waals surface area contributed by atoms with E-state index in [1.54, 1.807) is 6.07 Å². The Labute approximate surface area is 124 Å². The molecule has 1 saturated carbocycles. The highest BCUT2D eigenvalue weighted by Gasteiger charge is 2.34. The molecule has 1 aliphatic carbocycles. The number of furan rings is 1. The molecule has 0 amide bonds. The third kappa shape index (κ3) is 2.81. The standard InChI is InChI=1S/C17H21NO3/c1-2-17(6-3-7-17)11-18-10-12-4-5-14-13(8-12)9-15(21-14)16(19)20/h4-5,8-9,18H,2-3,6-7,10-11H2,1H3,(H,19,20). The van der Waals surface area contributed by atoms with Crippen LogP contribution in [-0.2, 0) is 6.54 Å². The van der Waals surface area contributed by atoms with Gasteiger partial charge in [-0.2, -0.15) is 0 Å². The molecule has 1 heterocycles. The maximum atomic E-state index is 10.9. The Morgan fingerprint density at radius 3 is 2.81 bits per heavy atom. The highest BCUT2D eigenvalue weighted by molar-refractivity contribution is 5.91. The number of hydrogen-bond acceptors (Lipinski definition) is 3. The van der Waals surface area contributed by atoms with Crippen LogP contribution in [0, 0.1) is 5.41 Å². The number of fused-ring (bicyclic) bond motifs is 1. The van der Waals surface area contributed by atoms with Gasteiger partial charge in [-0.15, -0.1) is 0 Å². The second-order valence-corrected chi connectivity index (χ2v) is 6.10. The topological polar surface area (TPSA) is 62.5 Å². The first-order valence-corrected chi connectivity index (χ1v) is 7.58. The summed E-state index contributed by atoms with van der Waals surface area (Å²) in [7, 11) is 0. The fraction of sp³-hybridized carbons (Fsp3) is 0.471. The zero-order valence-electron chi connectivity index (χ0n) is 12.3. The normalized spacial score (nSPS) is 16.8. The Morgan fingerprint density at radius 2 is 2.19 bits per heavy atom. The number of carbonyl (C=O) groups is 1. The summed E-state index contributed by atoms with van der Waals surface area (Å²) in [6.07, 6.45) is 5.26. The van der Waals surface area contributed by atoms with Crippen LogP contribution in [0.25, 0.3) is 11.0 Å².